The molecule has 0 spiro atoms. The molecule has 0 unspecified atom stereocenters. The lowest BCUT2D eigenvalue weighted by Gasteiger charge is -1.99. The van der Waals surface area contributed by atoms with Crippen LogP contribution in [0.3, 0.4) is 0 Å². The number of hydrogen-bond acceptors (Lipinski definition) is 2. The van der Waals surface area contributed by atoms with Gasteiger partial charge in [0.15, 0.2) is 0 Å². The van der Waals surface area contributed by atoms with Crippen LogP contribution < -0.4 is 5.73 Å². The molecular formula is C14H10FNOS. The van der Waals surface area contributed by atoms with Crippen LogP contribution in [0.2, 0.25) is 0 Å². The Hall–Kier alpha value is -1.94. The number of rotatable bonds is 2. The van der Waals surface area contributed by atoms with Gasteiger partial charge in [-0.05, 0) is 17.7 Å². The molecule has 0 atom stereocenters. The van der Waals surface area contributed by atoms with Crippen molar-refractivity contribution in [3.63, 3.8) is 0 Å². The van der Waals surface area contributed by atoms with Crippen LogP contribution in [0.4, 0.5) is 4.39 Å². The molecule has 3 aromatic rings. The Kier molecular flexibility index (Phi) is 2.52. The predicted octanol–water partition coefficient (Wildman–Crippen LogP) is 3.22. The molecule has 0 aliphatic carbocycles. The summed E-state index contributed by atoms with van der Waals surface area (Å²) < 4.78 is 15.1. The van der Waals surface area contributed by atoms with Crippen LogP contribution in [0.15, 0.2) is 36.4 Å². The molecule has 18 heavy (non-hydrogen) atoms. The van der Waals surface area contributed by atoms with Crippen molar-refractivity contribution in [1.82, 2.24) is 0 Å². The van der Waals surface area contributed by atoms with E-state index >= 15 is 0 Å². The maximum Gasteiger partial charge on any atom is 0.221 e. The molecule has 0 fully saturated rings. The highest BCUT2D eigenvalue weighted by Crippen LogP contribution is 2.36. The molecule has 2 aromatic carbocycles. The lowest BCUT2D eigenvalue weighted by atomic mass is 10.1. The van der Waals surface area contributed by atoms with E-state index in [-0.39, 0.29) is 18.1 Å². The molecule has 0 aliphatic rings. The van der Waals surface area contributed by atoms with E-state index in [2.05, 4.69) is 0 Å². The number of amides is 1. The zero-order valence-electron chi connectivity index (χ0n) is 9.44. The second kappa shape index (κ2) is 4.07. The summed E-state index contributed by atoms with van der Waals surface area (Å²) in [5, 5.41) is 2.07. The van der Waals surface area contributed by atoms with E-state index in [1.165, 1.54) is 23.5 Å². The average Bonchev–Trinajstić information content (AvgIpc) is 2.67. The van der Waals surface area contributed by atoms with Crippen molar-refractivity contribution < 1.29 is 9.18 Å². The summed E-state index contributed by atoms with van der Waals surface area (Å²) in [6.45, 7) is 0. The quantitative estimate of drug-likeness (QED) is 0.754. The van der Waals surface area contributed by atoms with E-state index < -0.39 is 0 Å². The van der Waals surface area contributed by atoms with Gasteiger partial charge in [0.25, 0.3) is 0 Å². The molecule has 4 heteroatoms. The average molecular weight is 259 g/mol. The molecule has 90 valence electrons. The highest BCUT2D eigenvalue weighted by atomic mass is 32.1. The van der Waals surface area contributed by atoms with Gasteiger partial charge in [-0.25, -0.2) is 4.39 Å². The zero-order valence-corrected chi connectivity index (χ0v) is 10.3. The largest absolute Gasteiger partial charge is 0.369 e. The Bertz CT molecular complexity index is 763. The highest BCUT2D eigenvalue weighted by Gasteiger charge is 2.10. The third kappa shape index (κ3) is 1.75. The molecule has 0 aliphatic heterocycles. The van der Waals surface area contributed by atoms with E-state index in [0.717, 1.165) is 25.7 Å². The first-order valence-electron chi connectivity index (χ1n) is 5.53. The Morgan fingerprint density at radius 2 is 2.06 bits per heavy atom. The van der Waals surface area contributed by atoms with Gasteiger partial charge in [0.05, 0.1) is 6.42 Å². The van der Waals surface area contributed by atoms with Crippen LogP contribution in [0, 0.1) is 5.82 Å². The first-order chi connectivity index (χ1) is 8.65. The summed E-state index contributed by atoms with van der Waals surface area (Å²) in [6, 6.07) is 10.5. The number of nitrogens with two attached hydrogens (primary N) is 1. The molecule has 0 saturated carbocycles. The number of fused-ring (bicyclic) bond motifs is 3. The first-order valence-corrected chi connectivity index (χ1v) is 6.35. The minimum Gasteiger partial charge on any atom is -0.369 e. The third-order valence-electron chi connectivity index (χ3n) is 2.91. The number of carbonyl (C=O) groups is 1. The van der Waals surface area contributed by atoms with Crippen molar-refractivity contribution in [2.24, 2.45) is 5.73 Å². The number of hydrogen-bond donors (Lipinski definition) is 1. The maximum absolute atomic E-state index is 13.2. The van der Waals surface area contributed by atoms with Crippen molar-refractivity contribution in [2.45, 2.75) is 6.42 Å². The molecule has 1 heterocycles. The summed E-state index contributed by atoms with van der Waals surface area (Å²) in [4.78, 5) is 11.0. The van der Waals surface area contributed by atoms with Gasteiger partial charge in [-0.2, -0.15) is 0 Å². The minimum atomic E-state index is -0.355. The van der Waals surface area contributed by atoms with E-state index in [1.54, 1.807) is 6.07 Å². The van der Waals surface area contributed by atoms with Gasteiger partial charge in [-0.15, -0.1) is 11.3 Å². The second-order valence-corrected chi connectivity index (χ2v) is 5.23. The van der Waals surface area contributed by atoms with Crippen molar-refractivity contribution in [3.8, 4) is 0 Å². The highest BCUT2D eigenvalue weighted by molar-refractivity contribution is 7.26. The van der Waals surface area contributed by atoms with Gasteiger partial charge in [-0.1, -0.05) is 24.3 Å². The van der Waals surface area contributed by atoms with Gasteiger partial charge in [0.2, 0.25) is 5.91 Å². The molecule has 3 rings (SSSR count). The Morgan fingerprint density at radius 3 is 2.83 bits per heavy atom. The summed E-state index contributed by atoms with van der Waals surface area (Å²) in [7, 11) is 0. The lowest BCUT2D eigenvalue weighted by Crippen LogP contribution is -2.13. The number of benzene rings is 2. The topological polar surface area (TPSA) is 43.1 Å². The van der Waals surface area contributed by atoms with Gasteiger partial charge in [0.1, 0.15) is 5.82 Å². The number of halogens is 1. The van der Waals surface area contributed by atoms with Crippen LogP contribution in [0.25, 0.3) is 20.2 Å². The molecule has 0 radical (unpaired) electrons. The van der Waals surface area contributed by atoms with Gasteiger partial charge in [0, 0.05) is 20.2 Å². The second-order valence-electron chi connectivity index (χ2n) is 4.18. The van der Waals surface area contributed by atoms with Gasteiger partial charge >= 0.3 is 0 Å². The summed E-state index contributed by atoms with van der Waals surface area (Å²) in [5.41, 5.74) is 6.14. The van der Waals surface area contributed by atoms with E-state index in [0.29, 0.717) is 0 Å². The van der Waals surface area contributed by atoms with Crippen LogP contribution >= 0.6 is 11.3 Å². The molecule has 0 saturated heterocycles. The standard InChI is InChI=1S/C14H10FNOS/c15-9-4-5-10-11-3-1-2-8(6-13(16)17)14(11)18-12(10)7-9/h1-5,7H,6H2,(H2,16,17). The van der Waals surface area contributed by atoms with Crippen LogP contribution in [0.5, 0.6) is 0 Å². The monoisotopic (exact) mass is 259 g/mol. The Labute approximate surface area is 107 Å². The fourth-order valence-corrected chi connectivity index (χ4v) is 3.40. The summed E-state index contributed by atoms with van der Waals surface area (Å²) in [5.74, 6) is -0.600. The Morgan fingerprint density at radius 1 is 1.22 bits per heavy atom. The van der Waals surface area contributed by atoms with Crippen molar-refractivity contribution in [2.75, 3.05) is 0 Å². The first kappa shape index (κ1) is 11.2. The number of thiophene rings is 1. The number of primary amides is 1. The van der Waals surface area contributed by atoms with Crippen molar-refractivity contribution in [1.29, 1.82) is 0 Å². The van der Waals surface area contributed by atoms with Crippen LogP contribution in [-0.2, 0) is 11.2 Å². The zero-order chi connectivity index (χ0) is 12.7. The fourth-order valence-electron chi connectivity index (χ4n) is 2.16. The minimum absolute atomic E-state index is 0.215. The molecule has 1 aromatic heterocycles. The SMILES string of the molecule is NC(=O)Cc1cccc2c1sc1cc(F)ccc12. The third-order valence-corrected chi connectivity index (χ3v) is 4.15. The molecule has 1 amide bonds. The molecule has 0 bridgehead atoms. The Balaban J connectivity index is 2.34. The summed E-state index contributed by atoms with van der Waals surface area (Å²) in [6.07, 6.45) is 0.215. The van der Waals surface area contributed by atoms with Gasteiger partial charge < -0.3 is 5.73 Å². The molecule has 2 N–H and O–H groups in total. The molecular weight excluding hydrogens is 249 g/mol. The van der Waals surface area contributed by atoms with E-state index in [1.807, 2.05) is 18.2 Å². The van der Waals surface area contributed by atoms with Gasteiger partial charge in [-0.3, -0.25) is 4.79 Å². The lowest BCUT2D eigenvalue weighted by molar-refractivity contribution is -0.117. The predicted molar refractivity (Wildman–Crippen MR) is 72.2 cm³/mol. The van der Waals surface area contributed by atoms with Crippen molar-refractivity contribution >= 4 is 37.4 Å². The normalized spacial score (nSPS) is 11.2. The number of carbonyl (C=O) groups excluding carboxylic acids is 1. The van der Waals surface area contributed by atoms with Crippen LogP contribution in [0.1, 0.15) is 5.56 Å². The van der Waals surface area contributed by atoms with E-state index in [4.69, 9.17) is 5.73 Å². The van der Waals surface area contributed by atoms with Crippen LogP contribution in [-0.4, -0.2) is 5.91 Å². The fraction of sp³-hybridized carbons (Fsp3) is 0.0714. The van der Waals surface area contributed by atoms with E-state index in [9.17, 15) is 9.18 Å². The molecule has 2 nitrogen and oxygen atoms in total. The smallest absolute Gasteiger partial charge is 0.221 e. The maximum atomic E-state index is 13.2. The van der Waals surface area contributed by atoms with Crippen molar-refractivity contribution in [3.05, 3.63) is 47.8 Å². The summed E-state index contributed by atoms with van der Waals surface area (Å²) >= 11 is 1.50.